The Morgan fingerprint density at radius 1 is 0.933 bits per heavy atom. The fourth-order valence-electron chi connectivity index (χ4n) is 3.42. The molecule has 0 spiro atoms. The van der Waals surface area contributed by atoms with Gasteiger partial charge in [-0.2, -0.15) is 0 Å². The maximum Gasteiger partial charge on any atom is 0.246 e. The van der Waals surface area contributed by atoms with Crippen LogP contribution in [-0.2, 0) is 11.4 Å². The van der Waals surface area contributed by atoms with Crippen LogP contribution < -0.4 is 9.64 Å². The number of hydrogen-bond acceptors (Lipinski definition) is 4. The van der Waals surface area contributed by atoms with Gasteiger partial charge in [0.25, 0.3) is 0 Å². The zero-order valence-electron chi connectivity index (χ0n) is 16.9. The molecule has 0 aliphatic carbocycles. The molecule has 4 rings (SSSR count). The average Bonchev–Trinajstić information content (AvgIpc) is 2.83. The lowest BCUT2D eigenvalue weighted by Gasteiger charge is -2.35. The molecule has 0 radical (unpaired) electrons. The summed E-state index contributed by atoms with van der Waals surface area (Å²) in [7, 11) is 0. The number of carbonyl (C=O) groups is 1. The van der Waals surface area contributed by atoms with Gasteiger partial charge in [0, 0.05) is 55.9 Å². The van der Waals surface area contributed by atoms with Crippen LogP contribution in [0.15, 0.2) is 85.2 Å². The number of rotatable bonds is 6. The number of amides is 1. The number of hydrogen-bond donors (Lipinski definition) is 0. The van der Waals surface area contributed by atoms with E-state index in [9.17, 15) is 4.79 Å². The molecule has 1 aliphatic rings. The molecule has 1 amide bonds. The summed E-state index contributed by atoms with van der Waals surface area (Å²) >= 11 is 0. The van der Waals surface area contributed by atoms with Crippen LogP contribution in [0.25, 0.3) is 6.08 Å². The highest BCUT2D eigenvalue weighted by atomic mass is 16.5. The Bertz CT molecular complexity index is 964. The quantitative estimate of drug-likeness (QED) is 0.588. The monoisotopic (exact) mass is 399 g/mol. The van der Waals surface area contributed by atoms with E-state index in [2.05, 4.69) is 22.0 Å². The highest BCUT2D eigenvalue weighted by Gasteiger charge is 2.19. The highest BCUT2D eigenvalue weighted by molar-refractivity contribution is 5.92. The first-order valence-electron chi connectivity index (χ1n) is 10.2. The summed E-state index contributed by atoms with van der Waals surface area (Å²) in [5.74, 6) is 0.846. The van der Waals surface area contributed by atoms with Gasteiger partial charge in [-0.05, 0) is 42.0 Å². The van der Waals surface area contributed by atoms with Crippen molar-refractivity contribution in [3.05, 3.63) is 96.3 Å². The van der Waals surface area contributed by atoms with Crippen molar-refractivity contribution in [3.63, 3.8) is 0 Å². The van der Waals surface area contributed by atoms with Gasteiger partial charge in [0.15, 0.2) is 0 Å². The third-order valence-electron chi connectivity index (χ3n) is 5.14. The smallest absolute Gasteiger partial charge is 0.246 e. The minimum Gasteiger partial charge on any atom is -0.489 e. The van der Waals surface area contributed by atoms with Crippen LogP contribution in [0.2, 0.25) is 0 Å². The first-order valence-corrected chi connectivity index (χ1v) is 10.2. The molecule has 0 N–H and O–H groups in total. The zero-order chi connectivity index (χ0) is 20.6. The Balaban J connectivity index is 1.26. The summed E-state index contributed by atoms with van der Waals surface area (Å²) in [5, 5.41) is 0. The molecule has 0 unspecified atom stereocenters. The van der Waals surface area contributed by atoms with Gasteiger partial charge in [0.05, 0.1) is 0 Å². The molecule has 30 heavy (non-hydrogen) atoms. The van der Waals surface area contributed by atoms with Gasteiger partial charge in [-0.3, -0.25) is 9.78 Å². The molecule has 0 saturated carbocycles. The third-order valence-corrected chi connectivity index (χ3v) is 5.14. The molecule has 152 valence electrons. The van der Waals surface area contributed by atoms with E-state index in [4.69, 9.17) is 4.74 Å². The van der Waals surface area contributed by atoms with Gasteiger partial charge in [-0.15, -0.1) is 0 Å². The maximum atomic E-state index is 12.5. The van der Waals surface area contributed by atoms with Crippen LogP contribution in [0.3, 0.4) is 0 Å². The highest BCUT2D eigenvalue weighted by Crippen LogP contribution is 2.17. The minimum absolute atomic E-state index is 0.0552. The lowest BCUT2D eigenvalue weighted by Crippen LogP contribution is -2.48. The number of anilines is 1. The zero-order valence-corrected chi connectivity index (χ0v) is 16.9. The van der Waals surface area contributed by atoms with E-state index in [0.29, 0.717) is 6.61 Å². The summed E-state index contributed by atoms with van der Waals surface area (Å²) in [6.45, 7) is 3.66. The number of piperazine rings is 1. The fourth-order valence-corrected chi connectivity index (χ4v) is 3.42. The molecule has 0 atom stereocenters. The Labute approximate surface area is 177 Å². The number of carbonyl (C=O) groups excluding carboxylic acids is 1. The summed E-state index contributed by atoms with van der Waals surface area (Å²) in [4.78, 5) is 20.8. The van der Waals surface area contributed by atoms with Crippen molar-refractivity contribution in [2.24, 2.45) is 0 Å². The number of nitrogens with zero attached hydrogens (tertiary/aromatic N) is 3. The van der Waals surface area contributed by atoms with E-state index in [1.165, 1.54) is 5.69 Å². The second-order valence-corrected chi connectivity index (χ2v) is 7.20. The molecule has 1 fully saturated rings. The molecule has 1 saturated heterocycles. The summed E-state index contributed by atoms with van der Waals surface area (Å²) in [6, 6.07) is 22.0. The van der Waals surface area contributed by atoms with E-state index in [1.807, 2.05) is 65.6 Å². The molecule has 2 aromatic carbocycles. The van der Waals surface area contributed by atoms with Crippen LogP contribution >= 0.6 is 0 Å². The first-order chi connectivity index (χ1) is 14.8. The van der Waals surface area contributed by atoms with E-state index >= 15 is 0 Å². The van der Waals surface area contributed by atoms with E-state index < -0.39 is 0 Å². The minimum atomic E-state index is 0.0552. The number of ether oxygens (including phenoxy) is 1. The molecular weight excluding hydrogens is 374 g/mol. The predicted molar refractivity (Wildman–Crippen MR) is 119 cm³/mol. The van der Waals surface area contributed by atoms with Crippen LogP contribution in [0.1, 0.15) is 11.1 Å². The SMILES string of the molecule is O=C(/C=C/c1ccc(OCc2cccnc2)cc1)N1CCN(c2ccccc2)CC1. The van der Waals surface area contributed by atoms with E-state index in [-0.39, 0.29) is 5.91 Å². The number of aromatic nitrogens is 1. The molecular formula is C25H25N3O2. The summed E-state index contributed by atoms with van der Waals surface area (Å²) in [6.07, 6.45) is 7.05. The Morgan fingerprint density at radius 3 is 2.40 bits per heavy atom. The lowest BCUT2D eigenvalue weighted by molar-refractivity contribution is -0.126. The van der Waals surface area contributed by atoms with Gasteiger partial charge < -0.3 is 14.5 Å². The van der Waals surface area contributed by atoms with Crippen LogP contribution in [0, 0.1) is 0 Å². The molecule has 0 bridgehead atoms. The van der Waals surface area contributed by atoms with Gasteiger partial charge in [-0.1, -0.05) is 36.4 Å². The van der Waals surface area contributed by atoms with Crippen LogP contribution in [-0.4, -0.2) is 42.0 Å². The number of benzene rings is 2. The second-order valence-electron chi connectivity index (χ2n) is 7.20. The summed E-state index contributed by atoms with van der Waals surface area (Å²) < 4.78 is 5.77. The van der Waals surface area contributed by atoms with Crippen molar-refractivity contribution in [2.45, 2.75) is 6.61 Å². The van der Waals surface area contributed by atoms with Crippen LogP contribution in [0.4, 0.5) is 5.69 Å². The molecule has 3 aromatic rings. The lowest BCUT2D eigenvalue weighted by atomic mass is 10.2. The van der Waals surface area contributed by atoms with Gasteiger partial charge in [0.2, 0.25) is 5.91 Å². The predicted octanol–water partition coefficient (Wildman–Crippen LogP) is 4.02. The largest absolute Gasteiger partial charge is 0.489 e. The van der Waals surface area contributed by atoms with Crippen molar-refractivity contribution < 1.29 is 9.53 Å². The Morgan fingerprint density at radius 2 is 1.70 bits per heavy atom. The number of pyridine rings is 1. The van der Waals surface area contributed by atoms with Crippen molar-refractivity contribution in [3.8, 4) is 5.75 Å². The van der Waals surface area contributed by atoms with Crippen LogP contribution in [0.5, 0.6) is 5.75 Å². The molecule has 5 heteroatoms. The third kappa shape index (κ3) is 5.26. The Hall–Kier alpha value is -3.60. The molecule has 5 nitrogen and oxygen atoms in total. The number of para-hydroxylation sites is 1. The van der Waals surface area contributed by atoms with Crippen molar-refractivity contribution in [1.82, 2.24) is 9.88 Å². The Kier molecular flexibility index (Phi) is 6.40. The molecule has 2 heterocycles. The fraction of sp³-hybridized carbons (Fsp3) is 0.200. The maximum absolute atomic E-state index is 12.5. The first kappa shape index (κ1) is 19.7. The molecule has 1 aliphatic heterocycles. The van der Waals surface area contributed by atoms with Crippen molar-refractivity contribution >= 4 is 17.7 Å². The normalized spacial score (nSPS) is 14.1. The van der Waals surface area contributed by atoms with Crippen molar-refractivity contribution in [2.75, 3.05) is 31.1 Å². The average molecular weight is 399 g/mol. The standard InChI is InChI=1S/C25H25N3O2/c29-25(28-17-15-27(16-18-28)23-6-2-1-3-7-23)13-10-21-8-11-24(12-9-21)30-20-22-5-4-14-26-19-22/h1-14,19H,15-18,20H2/b13-10+. The topological polar surface area (TPSA) is 45.7 Å². The second kappa shape index (κ2) is 9.74. The van der Waals surface area contributed by atoms with E-state index in [1.54, 1.807) is 18.5 Å². The van der Waals surface area contributed by atoms with E-state index in [0.717, 1.165) is 43.1 Å². The molecule has 1 aromatic heterocycles. The van der Waals surface area contributed by atoms with Crippen molar-refractivity contribution in [1.29, 1.82) is 0 Å². The summed E-state index contributed by atoms with van der Waals surface area (Å²) in [5.41, 5.74) is 3.21. The van der Waals surface area contributed by atoms with Gasteiger partial charge >= 0.3 is 0 Å². The van der Waals surface area contributed by atoms with Gasteiger partial charge in [-0.25, -0.2) is 0 Å². The van der Waals surface area contributed by atoms with Gasteiger partial charge in [0.1, 0.15) is 12.4 Å².